The summed E-state index contributed by atoms with van der Waals surface area (Å²) in [5.74, 6) is 10.4. The van der Waals surface area contributed by atoms with Crippen molar-refractivity contribution in [2.45, 2.75) is 25.8 Å². The molecule has 2 aromatic rings. The van der Waals surface area contributed by atoms with Crippen LogP contribution in [0.25, 0.3) is 0 Å². The molecule has 0 spiro atoms. The van der Waals surface area contributed by atoms with Crippen LogP contribution in [0.3, 0.4) is 0 Å². The number of amides is 2. The molecule has 3 rings (SSSR count). The van der Waals surface area contributed by atoms with Crippen molar-refractivity contribution in [2.24, 2.45) is 5.92 Å². The molecule has 1 saturated heterocycles. The summed E-state index contributed by atoms with van der Waals surface area (Å²) in [6, 6.07) is 14.0. The molecule has 0 saturated carbocycles. The van der Waals surface area contributed by atoms with Gasteiger partial charge in [-0.2, -0.15) is 0 Å². The Bertz CT molecular complexity index is 1070. The van der Waals surface area contributed by atoms with Crippen molar-refractivity contribution >= 4 is 17.5 Å². The maximum absolute atomic E-state index is 12.7. The highest BCUT2D eigenvalue weighted by molar-refractivity contribution is 6.00. The number of carbonyl (C=O) groups excluding carboxylic acids is 2. The van der Waals surface area contributed by atoms with Crippen LogP contribution in [-0.2, 0) is 4.79 Å². The van der Waals surface area contributed by atoms with Crippen molar-refractivity contribution in [2.75, 3.05) is 12.3 Å². The van der Waals surface area contributed by atoms with E-state index in [0.717, 1.165) is 11.1 Å². The van der Waals surface area contributed by atoms with E-state index < -0.39 is 11.4 Å². The monoisotopic (exact) mass is 401 g/mol. The van der Waals surface area contributed by atoms with Crippen LogP contribution in [0.4, 0.5) is 5.69 Å². The van der Waals surface area contributed by atoms with Crippen molar-refractivity contribution in [3.05, 3.63) is 65.2 Å². The highest BCUT2D eigenvalue weighted by Gasteiger charge is 2.50. The Morgan fingerprint density at radius 1 is 1.07 bits per heavy atom. The number of nitrogen functional groups attached to an aromatic ring is 1. The standard InChI is InChI=1S/C24H23N3O3/c1-17(2)24(15-16-27(30)23(24)29)26-22(28)20-11-7-18(8-12-20)5-3-4-6-19-9-13-21(25)14-10-19/h7-14,17,30H,15-16,25H2,1-2H3,(H,26,28)/t24-/m0/s1. The topological polar surface area (TPSA) is 95.7 Å². The first-order valence-electron chi connectivity index (χ1n) is 9.63. The molecular formula is C24H23N3O3. The Morgan fingerprint density at radius 3 is 2.07 bits per heavy atom. The molecule has 0 aromatic heterocycles. The smallest absolute Gasteiger partial charge is 0.271 e. The molecule has 1 aliphatic rings. The van der Waals surface area contributed by atoms with E-state index >= 15 is 0 Å². The highest BCUT2D eigenvalue weighted by atomic mass is 16.5. The van der Waals surface area contributed by atoms with Gasteiger partial charge in [0, 0.05) is 22.4 Å². The summed E-state index contributed by atoms with van der Waals surface area (Å²) >= 11 is 0. The first-order chi connectivity index (χ1) is 14.3. The van der Waals surface area contributed by atoms with E-state index in [1.54, 1.807) is 36.4 Å². The SMILES string of the molecule is CC(C)[C@@]1(NC(=O)c2ccc(C#CC#Cc3ccc(N)cc3)cc2)CCN(O)C1=O. The van der Waals surface area contributed by atoms with Gasteiger partial charge >= 0.3 is 0 Å². The third-order valence-corrected chi connectivity index (χ3v) is 5.19. The fourth-order valence-corrected chi connectivity index (χ4v) is 3.27. The molecule has 152 valence electrons. The van der Waals surface area contributed by atoms with Crippen LogP contribution < -0.4 is 11.1 Å². The lowest BCUT2D eigenvalue weighted by molar-refractivity contribution is -0.162. The number of anilines is 1. The van der Waals surface area contributed by atoms with E-state index in [0.29, 0.717) is 22.7 Å². The average molecular weight is 401 g/mol. The summed E-state index contributed by atoms with van der Waals surface area (Å²) in [4.78, 5) is 25.1. The van der Waals surface area contributed by atoms with Crippen molar-refractivity contribution < 1.29 is 14.8 Å². The summed E-state index contributed by atoms with van der Waals surface area (Å²) in [5.41, 5.74) is 7.18. The first-order valence-corrected chi connectivity index (χ1v) is 9.63. The lowest BCUT2D eigenvalue weighted by Gasteiger charge is -2.31. The van der Waals surface area contributed by atoms with Gasteiger partial charge in [0.25, 0.3) is 11.8 Å². The second kappa shape index (κ2) is 8.73. The minimum absolute atomic E-state index is 0.157. The number of benzene rings is 2. The normalized spacial score (nSPS) is 17.7. The second-order valence-corrected chi connectivity index (χ2v) is 7.46. The van der Waals surface area contributed by atoms with Crippen LogP contribution in [0.5, 0.6) is 0 Å². The lowest BCUT2D eigenvalue weighted by atomic mass is 9.84. The highest BCUT2D eigenvalue weighted by Crippen LogP contribution is 2.30. The number of hydrogen-bond acceptors (Lipinski definition) is 4. The van der Waals surface area contributed by atoms with Crippen molar-refractivity contribution in [3.8, 4) is 23.7 Å². The zero-order valence-corrected chi connectivity index (χ0v) is 16.9. The van der Waals surface area contributed by atoms with Crippen LogP contribution >= 0.6 is 0 Å². The predicted molar refractivity (Wildman–Crippen MR) is 114 cm³/mol. The number of nitrogens with one attached hydrogen (secondary N) is 1. The largest absolute Gasteiger partial charge is 0.399 e. The summed E-state index contributed by atoms with van der Waals surface area (Å²) in [6.45, 7) is 3.89. The second-order valence-electron chi connectivity index (χ2n) is 7.46. The zero-order chi connectivity index (χ0) is 21.7. The molecule has 6 heteroatoms. The Kier molecular flexibility index (Phi) is 6.11. The van der Waals surface area contributed by atoms with Gasteiger partial charge in [0.2, 0.25) is 0 Å². The number of nitrogens with two attached hydrogens (primary N) is 1. The van der Waals surface area contributed by atoms with E-state index in [9.17, 15) is 14.8 Å². The summed E-state index contributed by atoms with van der Waals surface area (Å²) in [7, 11) is 0. The van der Waals surface area contributed by atoms with Gasteiger partial charge in [-0.05, 0) is 72.7 Å². The Morgan fingerprint density at radius 2 is 1.60 bits per heavy atom. The van der Waals surface area contributed by atoms with Crippen molar-refractivity contribution in [3.63, 3.8) is 0 Å². The molecule has 0 radical (unpaired) electrons. The maximum atomic E-state index is 12.7. The van der Waals surface area contributed by atoms with E-state index in [2.05, 4.69) is 29.0 Å². The van der Waals surface area contributed by atoms with Gasteiger partial charge in [-0.1, -0.05) is 25.7 Å². The molecule has 0 bridgehead atoms. The maximum Gasteiger partial charge on any atom is 0.271 e. The minimum atomic E-state index is -1.10. The minimum Gasteiger partial charge on any atom is -0.399 e. The van der Waals surface area contributed by atoms with Gasteiger partial charge < -0.3 is 11.1 Å². The number of hydrogen-bond donors (Lipinski definition) is 3. The molecule has 0 aliphatic carbocycles. The van der Waals surface area contributed by atoms with E-state index in [1.165, 1.54) is 0 Å². The molecule has 1 aliphatic heterocycles. The Hall–Kier alpha value is -3.74. The fraction of sp³-hybridized carbons (Fsp3) is 0.250. The van der Waals surface area contributed by atoms with E-state index in [-0.39, 0.29) is 18.4 Å². The van der Waals surface area contributed by atoms with Crippen molar-refractivity contribution in [1.29, 1.82) is 0 Å². The summed E-state index contributed by atoms with van der Waals surface area (Å²) in [5, 5.41) is 13.2. The molecule has 2 amide bonds. The molecule has 1 fully saturated rings. The van der Waals surface area contributed by atoms with Gasteiger partial charge in [0.05, 0.1) is 6.54 Å². The molecule has 4 N–H and O–H groups in total. The van der Waals surface area contributed by atoms with Crippen LogP contribution in [0.15, 0.2) is 48.5 Å². The van der Waals surface area contributed by atoms with Gasteiger partial charge in [-0.3, -0.25) is 14.8 Å². The molecule has 0 unspecified atom stereocenters. The molecule has 2 aromatic carbocycles. The third kappa shape index (κ3) is 4.46. The summed E-state index contributed by atoms with van der Waals surface area (Å²) < 4.78 is 0. The lowest BCUT2D eigenvalue weighted by Crippen LogP contribution is -2.57. The quantitative estimate of drug-likeness (QED) is 0.418. The van der Waals surface area contributed by atoms with Crippen LogP contribution in [-0.4, -0.2) is 34.2 Å². The fourth-order valence-electron chi connectivity index (χ4n) is 3.27. The first kappa shape index (κ1) is 21.0. The van der Waals surface area contributed by atoms with Crippen LogP contribution in [0.1, 0.15) is 41.8 Å². The van der Waals surface area contributed by atoms with Gasteiger partial charge in [0.1, 0.15) is 5.54 Å². The van der Waals surface area contributed by atoms with Crippen molar-refractivity contribution in [1.82, 2.24) is 10.4 Å². The van der Waals surface area contributed by atoms with Crippen LogP contribution in [0, 0.1) is 29.6 Å². The Balaban J connectivity index is 1.68. The Labute approximate surface area is 176 Å². The van der Waals surface area contributed by atoms with Gasteiger partial charge in [-0.25, -0.2) is 5.06 Å². The average Bonchev–Trinajstić information content (AvgIpc) is 3.02. The van der Waals surface area contributed by atoms with E-state index in [1.807, 2.05) is 26.0 Å². The molecule has 1 heterocycles. The third-order valence-electron chi connectivity index (χ3n) is 5.19. The van der Waals surface area contributed by atoms with E-state index in [4.69, 9.17) is 5.73 Å². The predicted octanol–water partition coefficient (Wildman–Crippen LogP) is 2.42. The number of carbonyl (C=O) groups is 2. The molecule has 30 heavy (non-hydrogen) atoms. The molecular weight excluding hydrogens is 378 g/mol. The van der Waals surface area contributed by atoms with Gasteiger partial charge in [-0.15, -0.1) is 0 Å². The zero-order valence-electron chi connectivity index (χ0n) is 16.9. The number of nitrogens with zero attached hydrogens (tertiary/aromatic N) is 1. The number of hydroxylamine groups is 2. The molecule has 6 nitrogen and oxygen atoms in total. The van der Waals surface area contributed by atoms with Crippen LogP contribution in [0.2, 0.25) is 0 Å². The summed E-state index contributed by atoms with van der Waals surface area (Å²) in [6.07, 6.45) is 0.363. The number of rotatable bonds is 3. The van der Waals surface area contributed by atoms with Gasteiger partial charge in [0.15, 0.2) is 0 Å². The molecule has 1 atom stereocenters.